The topological polar surface area (TPSA) is 112 Å². The van der Waals surface area contributed by atoms with Crippen LogP contribution in [0.5, 0.6) is 11.6 Å². The monoisotopic (exact) mass is 445 g/mol. The van der Waals surface area contributed by atoms with Gasteiger partial charge in [0, 0.05) is 50.6 Å². The Labute approximate surface area is 187 Å². The van der Waals surface area contributed by atoms with Crippen molar-refractivity contribution < 1.29 is 19.2 Å². The molecule has 1 N–H and O–H groups in total. The third-order valence-corrected chi connectivity index (χ3v) is 5.23. The Morgan fingerprint density at radius 2 is 2.09 bits per heavy atom. The largest absolute Gasteiger partial charge is 0.444 e. The van der Waals surface area contributed by atoms with E-state index < -0.39 is 11.7 Å². The van der Waals surface area contributed by atoms with Gasteiger partial charge in [-0.2, -0.15) is 0 Å². The van der Waals surface area contributed by atoms with Crippen molar-refractivity contribution in [2.45, 2.75) is 46.1 Å². The van der Waals surface area contributed by atoms with Crippen LogP contribution in [0.25, 0.3) is 0 Å². The van der Waals surface area contributed by atoms with Gasteiger partial charge in [-0.1, -0.05) is 0 Å². The van der Waals surface area contributed by atoms with E-state index in [1.807, 2.05) is 32.6 Å². The van der Waals surface area contributed by atoms with Gasteiger partial charge in [-0.15, -0.1) is 5.10 Å². The molecular weight excluding hydrogens is 414 g/mol. The van der Waals surface area contributed by atoms with Crippen LogP contribution in [0.2, 0.25) is 0 Å². The molecule has 2 heterocycles. The number of anilines is 1. The lowest BCUT2D eigenvalue weighted by atomic mass is 9.96. The number of aryl methyl sites for hydroxylation is 1. The molecule has 10 heteroatoms. The van der Waals surface area contributed by atoms with E-state index in [-0.39, 0.29) is 16.5 Å². The van der Waals surface area contributed by atoms with Crippen molar-refractivity contribution in [2.24, 2.45) is 13.0 Å². The number of hydrogen-bond donors (Lipinski definition) is 1. The third kappa shape index (κ3) is 5.89. The Balaban J connectivity index is 1.78. The zero-order chi connectivity index (χ0) is 23.5. The maximum absolute atomic E-state index is 12.0. The maximum Gasteiger partial charge on any atom is 0.407 e. The molecule has 32 heavy (non-hydrogen) atoms. The van der Waals surface area contributed by atoms with E-state index in [0.717, 1.165) is 12.8 Å². The number of nitro groups is 1. The van der Waals surface area contributed by atoms with Gasteiger partial charge in [-0.3, -0.25) is 14.8 Å². The zero-order valence-corrected chi connectivity index (χ0v) is 19.3. The third-order valence-electron chi connectivity index (χ3n) is 5.23. The normalized spacial score (nSPS) is 16.5. The summed E-state index contributed by atoms with van der Waals surface area (Å²) in [5.41, 5.74) is 0.710. The molecule has 3 rings (SSSR count). The highest BCUT2D eigenvalue weighted by Crippen LogP contribution is 2.40. The number of carbonyl (C=O) groups excluding carboxylic acids is 1. The Morgan fingerprint density at radius 3 is 2.72 bits per heavy atom. The lowest BCUT2D eigenvalue weighted by Crippen LogP contribution is -2.42. The lowest BCUT2D eigenvalue weighted by molar-refractivity contribution is -0.384. The molecule has 0 unspecified atom stereocenters. The molecule has 0 saturated carbocycles. The Hall–Kier alpha value is -3.30. The van der Waals surface area contributed by atoms with Gasteiger partial charge < -0.3 is 19.7 Å². The van der Waals surface area contributed by atoms with E-state index >= 15 is 0 Å². The summed E-state index contributed by atoms with van der Waals surface area (Å²) >= 11 is 0. The van der Waals surface area contributed by atoms with Crippen molar-refractivity contribution in [2.75, 3.05) is 24.5 Å². The summed E-state index contributed by atoms with van der Waals surface area (Å²) in [5.74, 6) is 1.10. The number of piperidine rings is 1. The van der Waals surface area contributed by atoms with Crippen molar-refractivity contribution in [1.29, 1.82) is 0 Å². The van der Waals surface area contributed by atoms with Crippen LogP contribution >= 0.6 is 0 Å². The summed E-state index contributed by atoms with van der Waals surface area (Å²) in [7, 11) is 1.79. The van der Waals surface area contributed by atoms with Crippen LogP contribution in [-0.4, -0.2) is 46.0 Å². The predicted molar refractivity (Wildman–Crippen MR) is 120 cm³/mol. The van der Waals surface area contributed by atoms with Crippen molar-refractivity contribution in [3.63, 3.8) is 0 Å². The molecule has 0 bridgehead atoms. The molecule has 1 atom stereocenters. The average molecular weight is 446 g/mol. The fourth-order valence-electron chi connectivity index (χ4n) is 3.86. The quantitative estimate of drug-likeness (QED) is 0.524. The van der Waals surface area contributed by atoms with Crippen LogP contribution in [0.15, 0.2) is 24.4 Å². The van der Waals surface area contributed by atoms with Gasteiger partial charge in [0.15, 0.2) is 0 Å². The van der Waals surface area contributed by atoms with Crippen LogP contribution in [0.1, 0.15) is 39.2 Å². The first kappa shape index (κ1) is 23.4. The smallest absolute Gasteiger partial charge is 0.407 e. The first-order valence-electron chi connectivity index (χ1n) is 10.7. The lowest BCUT2D eigenvalue weighted by Gasteiger charge is -2.35. The minimum Gasteiger partial charge on any atom is -0.444 e. The molecule has 1 saturated heterocycles. The van der Waals surface area contributed by atoms with Gasteiger partial charge in [0.25, 0.3) is 5.69 Å². The van der Waals surface area contributed by atoms with E-state index in [9.17, 15) is 14.9 Å². The fraction of sp³-hybridized carbons (Fsp3) is 0.545. The number of nitrogens with one attached hydrogen (secondary N) is 1. The minimum absolute atomic E-state index is 0.0385. The molecule has 0 spiro atoms. The number of nitro benzene ring substituents is 1. The molecule has 1 aliphatic rings. The number of rotatable bonds is 6. The van der Waals surface area contributed by atoms with Crippen molar-refractivity contribution in [1.82, 2.24) is 15.1 Å². The number of amides is 1. The summed E-state index contributed by atoms with van der Waals surface area (Å²) in [5, 5.41) is 18.8. The van der Waals surface area contributed by atoms with E-state index in [1.54, 1.807) is 30.1 Å². The second-order valence-corrected chi connectivity index (χ2v) is 9.08. The molecule has 0 aliphatic carbocycles. The van der Waals surface area contributed by atoms with Crippen LogP contribution < -0.4 is 15.0 Å². The van der Waals surface area contributed by atoms with Gasteiger partial charge in [-0.25, -0.2) is 4.79 Å². The summed E-state index contributed by atoms with van der Waals surface area (Å²) in [6.07, 6.45) is 3.10. The van der Waals surface area contributed by atoms with Gasteiger partial charge in [0.2, 0.25) is 5.88 Å². The second kappa shape index (κ2) is 9.46. The van der Waals surface area contributed by atoms with Crippen molar-refractivity contribution >= 4 is 17.5 Å². The van der Waals surface area contributed by atoms with Gasteiger partial charge in [-0.05, 0) is 52.5 Å². The summed E-state index contributed by atoms with van der Waals surface area (Å²) in [4.78, 5) is 25.4. The predicted octanol–water partition coefficient (Wildman–Crippen LogP) is 4.17. The fourth-order valence-corrected chi connectivity index (χ4v) is 3.86. The van der Waals surface area contributed by atoms with Gasteiger partial charge in [0.1, 0.15) is 17.0 Å². The molecule has 1 aliphatic heterocycles. The zero-order valence-electron chi connectivity index (χ0n) is 19.3. The number of aromatic nitrogens is 2. The van der Waals surface area contributed by atoms with Gasteiger partial charge >= 0.3 is 6.09 Å². The first-order chi connectivity index (χ1) is 15.0. The van der Waals surface area contributed by atoms with Crippen molar-refractivity contribution in [3.05, 3.63) is 40.1 Å². The standard InChI is InChI=1S/C22H31N5O5/c1-15-18(31-19-10-12-25(5)24-19)9-8-17(27(29)30)20(15)26-11-6-7-16(14-26)13-23-21(28)32-22(2,3)4/h8-10,12,16H,6-7,11,13-14H2,1-5H3,(H,23,28)/t16-/m0/s1. The SMILES string of the molecule is Cc1c(Oc2ccn(C)n2)ccc([N+](=O)[O-])c1N1CCC[C@@H](CNC(=O)OC(C)(C)C)C1. The molecule has 1 amide bonds. The maximum atomic E-state index is 12.0. The Morgan fingerprint density at radius 1 is 1.34 bits per heavy atom. The highest BCUT2D eigenvalue weighted by molar-refractivity contribution is 5.72. The number of hydrogen-bond acceptors (Lipinski definition) is 7. The van der Waals surface area contributed by atoms with Crippen LogP contribution in [0, 0.1) is 23.0 Å². The molecule has 1 fully saturated rings. The Bertz CT molecular complexity index is 982. The van der Waals surface area contributed by atoms with Crippen LogP contribution in [-0.2, 0) is 11.8 Å². The van der Waals surface area contributed by atoms with Crippen molar-refractivity contribution in [3.8, 4) is 11.6 Å². The summed E-state index contributed by atoms with van der Waals surface area (Å²) in [6.45, 7) is 9.00. The van der Waals surface area contributed by atoms with E-state index in [2.05, 4.69) is 10.4 Å². The molecule has 174 valence electrons. The summed E-state index contributed by atoms with van der Waals surface area (Å²) < 4.78 is 12.8. The number of ether oxygens (including phenoxy) is 2. The molecule has 10 nitrogen and oxygen atoms in total. The highest BCUT2D eigenvalue weighted by Gasteiger charge is 2.29. The highest BCUT2D eigenvalue weighted by atomic mass is 16.6. The molecule has 2 aromatic rings. The Kier molecular flexibility index (Phi) is 6.90. The molecule has 0 radical (unpaired) electrons. The van der Waals surface area contributed by atoms with E-state index in [4.69, 9.17) is 9.47 Å². The number of benzene rings is 1. The number of carbonyl (C=O) groups is 1. The summed E-state index contributed by atoms with van der Waals surface area (Å²) in [6, 6.07) is 4.82. The first-order valence-corrected chi connectivity index (χ1v) is 10.7. The number of alkyl carbamates (subject to hydrolysis) is 1. The second-order valence-electron chi connectivity index (χ2n) is 9.08. The molecular formula is C22H31N5O5. The van der Waals surface area contributed by atoms with Crippen LogP contribution in [0.4, 0.5) is 16.2 Å². The molecule has 1 aromatic heterocycles. The molecule has 1 aromatic carbocycles. The average Bonchev–Trinajstić information content (AvgIpc) is 3.11. The van der Waals surface area contributed by atoms with Crippen LogP contribution in [0.3, 0.4) is 0 Å². The van der Waals surface area contributed by atoms with E-state index in [1.165, 1.54) is 6.07 Å². The van der Waals surface area contributed by atoms with Gasteiger partial charge in [0.05, 0.1) is 4.92 Å². The van der Waals surface area contributed by atoms with E-state index in [0.29, 0.717) is 42.5 Å². The number of nitrogens with zero attached hydrogens (tertiary/aromatic N) is 4. The minimum atomic E-state index is -0.561.